The summed E-state index contributed by atoms with van der Waals surface area (Å²) in [6, 6.07) is 2.61. The second kappa shape index (κ2) is 5.27. The van der Waals surface area contributed by atoms with E-state index in [4.69, 9.17) is 0 Å². The summed E-state index contributed by atoms with van der Waals surface area (Å²) < 4.78 is 0. The minimum Gasteiger partial charge on any atom is -0.311 e. The van der Waals surface area contributed by atoms with E-state index in [1.54, 1.807) is 0 Å². The molecule has 17 heavy (non-hydrogen) atoms. The molecule has 1 aliphatic carbocycles. The van der Waals surface area contributed by atoms with Crippen molar-refractivity contribution in [3.8, 4) is 0 Å². The Labute approximate surface area is 106 Å². The van der Waals surface area contributed by atoms with Gasteiger partial charge in [-0.3, -0.25) is 0 Å². The van der Waals surface area contributed by atoms with Gasteiger partial charge in [-0.25, -0.2) is 0 Å². The van der Waals surface area contributed by atoms with Crippen LogP contribution in [0, 0.1) is 5.92 Å². The minimum absolute atomic E-state index is 0.855. The van der Waals surface area contributed by atoms with Crippen LogP contribution in [0.2, 0.25) is 0 Å². The predicted molar refractivity (Wildman–Crippen MR) is 72.2 cm³/mol. The summed E-state index contributed by atoms with van der Waals surface area (Å²) in [5.41, 5.74) is 0. The standard InChI is InChI=1S/C15H28N2/c1-17(14-6-4-2-3-5-7-14)11-12-10-13-8-9-15(12)16-13/h12-16H,2-11H2,1H3. The fraction of sp³-hybridized carbons (Fsp3) is 1.00. The summed E-state index contributed by atoms with van der Waals surface area (Å²) in [7, 11) is 2.38. The second-order valence-corrected chi connectivity index (χ2v) is 6.63. The summed E-state index contributed by atoms with van der Waals surface area (Å²) >= 11 is 0. The fourth-order valence-corrected chi connectivity index (χ4v) is 4.36. The zero-order valence-corrected chi connectivity index (χ0v) is 11.3. The van der Waals surface area contributed by atoms with Gasteiger partial charge in [-0.1, -0.05) is 25.7 Å². The van der Waals surface area contributed by atoms with Gasteiger partial charge in [0, 0.05) is 24.7 Å². The van der Waals surface area contributed by atoms with E-state index in [1.807, 2.05) is 0 Å². The molecule has 0 aromatic heterocycles. The quantitative estimate of drug-likeness (QED) is 0.758. The summed E-state index contributed by atoms with van der Waals surface area (Å²) in [6.07, 6.45) is 13.1. The van der Waals surface area contributed by atoms with Gasteiger partial charge >= 0.3 is 0 Å². The third-order valence-electron chi connectivity index (χ3n) is 5.40. The molecule has 2 heterocycles. The van der Waals surface area contributed by atoms with E-state index in [2.05, 4.69) is 17.3 Å². The summed E-state index contributed by atoms with van der Waals surface area (Å²) in [5.74, 6) is 0.946. The van der Waals surface area contributed by atoms with Gasteiger partial charge in [0.15, 0.2) is 0 Å². The Balaban J connectivity index is 1.50. The third-order valence-corrected chi connectivity index (χ3v) is 5.40. The molecule has 1 N–H and O–H groups in total. The highest BCUT2D eigenvalue weighted by Gasteiger charge is 2.39. The Kier molecular flexibility index (Phi) is 3.72. The van der Waals surface area contributed by atoms with Gasteiger partial charge < -0.3 is 10.2 Å². The lowest BCUT2D eigenvalue weighted by Gasteiger charge is -2.32. The highest BCUT2D eigenvalue weighted by Crippen LogP contribution is 2.34. The largest absolute Gasteiger partial charge is 0.311 e. The first-order valence-electron chi connectivity index (χ1n) is 7.79. The van der Waals surface area contributed by atoms with Crippen LogP contribution in [0.25, 0.3) is 0 Å². The molecule has 3 fully saturated rings. The molecule has 0 aromatic carbocycles. The average molecular weight is 236 g/mol. The Morgan fingerprint density at radius 2 is 1.76 bits per heavy atom. The highest BCUT2D eigenvalue weighted by atomic mass is 15.1. The van der Waals surface area contributed by atoms with Crippen molar-refractivity contribution in [1.29, 1.82) is 0 Å². The van der Waals surface area contributed by atoms with Crippen LogP contribution in [0.15, 0.2) is 0 Å². The molecule has 2 heteroatoms. The van der Waals surface area contributed by atoms with E-state index in [0.29, 0.717) is 0 Å². The van der Waals surface area contributed by atoms with Crippen LogP contribution in [0.3, 0.4) is 0 Å². The van der Waals surface area contributed by atoms with Crippen LogP contribution in [0.1, 0.15) is 57.8 Å². The summed E-state index contributed by atoms with van der Waals surface area (Å²) in [6.45, 7) is 1.35. The Morgan fingerprint density at radius 1 is 1.00 bits per heavy atom. The molecule has 2 bridgehead atoms. The maximum atomic E-state index is 3.77. The van der Waals surface area contributed by atoms with Crippen molar-refractivity contribution in [1.82, 2.24) is 10.2 Å². The highest BCUT2D eigenvalue weighted by molar-refractivity contribution is 4.98. The second-order valence-electron chi connectivity index (χ2n) is 6.63. The lowest BCUT2D eigenvalue weighted by molar-refractivity contribution is 0.176. The maximum Gasteiger partial charge on any atom is 0.0111 e. The van der Waals surface area contributed by atoms with Crippen LogP contribution in [-0.2, 0) is 0 Å². The zero-order valence-electron chi connectivity index (χ0n) is 11.3. The van der Waals surface area contributed by atoms with Crippen molar-refractivity contribution in [2.45, 2.75) is 75.9 Å². The van der Waals surface area contributed by atoms with Crippen molar-refractivity contribution in [2.24, 2.45) is 5.92 Å². The van der Waals surface area contributed by atoms with E-state index in [1.165, 1.54) is 64.3 Å². The smallest absolute Gasteiger partial charge is 0.0111 e. The predicted octanol–water partition coefficient (Wildman–Crippen LogP) is 2.78. The van der Waals surface area contributed by atoms with E-state index < -0.39 is 0 Å². The summed E-state index contributed by atoms with van der Waals surface area (Å²) in [5, 5.41) is 3.77. The van der Waals surface area contributed by atoms with Gasteiger partial charge in [-0.15, -0.1) is 0 Å². The van der Waals surface area contributed by atoms with Crippen LogP contribution >= 0.6 is 0 Å². The Bertz CT molecular complexity index is 245. The normalized spacial score (nSPS) is 38.8. The molecular weight excluding hydrogens is 208 g/mol. The van der Waals surface area contributed by atoms with Crippen molar-refractivity contribution in [2.75, 3.05) is 13.6 Å². The van der Waals surface area contributed by atoms with Gasteiger partial charge in [0.25, 0.3) is 0 Å². The molecule has 2 aliphatic heterocycles. The van der Waals surface area contributed by atoms with Crippen molar-refractivity contribution in [3.05, 3.63) is 0 Å². The van der Waals surface area contributed by atoms with E-state index in [0.717, 1.165) is 24.0 Å². The van der Waals surface area contributed by atoms with Gasteiger partial charge in [-0.05, 0) is 45.1 Å². The fourth-order valence-electron chi connectivity index (χ4n) is 4.36. The van der Waals surface area contributed by atoms with Crippen LogP contribution in [0.5, 0.6) is 0 Å². The zero-order chi connectivity index (χ0) is 11.7. The number of fused-ring (bicyclic) bond motifs is 2. The van der Waals surface area contributed by atoms with Gasteiger partial charge in [0.2, 0.25) is 0 Å². The van der Waals surface area contributed by atoms with E-state index in [-0.39, 0.29) is 0 Å². The first kappa shape index (κ1) is 12.0. The monoisotopic (exact) mass is 236 g/mol. The maximum absolute atomic E-state index is 3.77. The van der Waals surface area contributed by atoms with E-state index >= 15 is 0 Å². The van der Waals surface area contributed by atoms with Crippen LogP contribution in [-0.4, -0.2) is 36.6 Å². The molecule has 3 rings (SSSR count). The molecule has 0 spiro atoms. The molecule has 3 unspecified atom stereocenters. The van der Waals surface area contributed by atoms with Crippen molar-refractivity contribution in [3.63, 3.8) is 0 Å². The Morgan fingerprint density at radius 3 is 2.35 bits per heavy atom. The Hall–Kier alpha value is -0.0800. The van der Waals surface area contributed by atoms with Crippen molar-refractivity contribution >= 4 is 0 Å². The first-order valence-corrected chi connectivity index (χ1v) is 7.79. The SMILES string of the molecule is CN(CC1CC2CCC1N2)C1CCCCCC1. The number of nitrogens with one attached hydrogen (secondary N) is 1. The first-order chi connectivity index (χ1) is 8.33. The number of rotatable bonds is 3. The molecule has 98 valence electrons. The molecule has 2 saturated heterocycles. The third kappa shape index (κ3) is 2.68. The molecule has 1 saturated carbocycles. The molecule has 0 amide bonds. The lowest BCUT2D eigenvalue weighted by atomic mass is 9.88. The number of nitrogens with zero attached hydrogens (tertiary/aromatic N) is 1. The average Bonchev–Trinajstić information content (AvgIpc) is 2.82. The molecule has 2 nitrogen and oxygen atoms in total. The van der Waals surface area contributed by atoms with Crippen LogP contribution in [0.4, 0.5) is 0 Å². The van der Waals surface area contributed by atoms with Gasteiger partial charge in [0.1, 0.15) is 0 Å². The molecule has 0 aromatic rings. The van der Waals surface area contributed by atoms with Crippen LogP contribution < -0.4 is 5.32 Å². The molecule has 0 radical (unpaired) electrons. The summed E-state index contributed by atoms with van der Waals surface area (Å²) in [4.78, 5) is 2.69. The molecule has 3 atom stereocenters. The lowest BCUT2D eigenvalue weighted by Crippen LogP contribution is -2.38. The van der Waals surface area contributed by atoms with E-state index in [9.17, 15) is 0 Å². The van der Waals surface area contributed by atoms with Gasteiger partial charge in [-0.2, -0.15) is 0 Å². The van der Waals surface area contributed by atoms with Gasteiger partial charge in [0.05, 0.1) is 0 Å². The minimum atomic E-state index is 0.855. The topological polar surface area (TPSA) is 15.3 Å². The van der Waals surface area contributed by atoms with Crippen molar-refractivity contribution < 1.29 is 0 Å². The number of hydrogen-bond acceptors (Lipinski definition) is 2. The number of hydrogen-bond donors (Lipinski definition) is 1. The molecular formula is C15H28N2. The molecule has 3 aliphatic rings.